The molecule has 0 aliphatic rings. The molecule has 0 atom stereocenters. The van der Waals surface area contributed by atoms with Crippen LogP contribution >= 0.6 is 0 Å². The maximum absolute atomic E-state index is 13.1. The van der Waals surface area contributed by atoms with Crippen molar-refractivity contribution in [2.24, 2.45) is 0 Å². The average molecular weight is 365 g/mol. The van der Waals surface area contributed by atoms with E-state index < -0.39 is 4.92 Å². The standard InChI is InChI=1S/C21H23N3O3/c1-4-5-12-23-19-9-7-6-8-17(19)15(3)20(23)21(25)22-18-13-16(24(26)27)11-10-14(18)2/h6-11,13H,4-5,12H2,1-3H3,(H,22,25). The molecule has 6 nitrogen and oxygen atoms in total. The number of carbonyl (C=O) groups is 1. The zero-order valence-electron chi connectivity index (χ0n) is 15.8. The van der Waals surface area contributed by atoms with Crippen molar-refractivity contribution in [1.29, 1.82) is 0 Å². The van der Waals surface area contributed by atoms with Gasteiger partial charge in [0, 0.05) is 29.6 Å². The van der Waals surface area contributed by atoms with E-state index in [1.807, 2.05) is 38.1 Å². The lowest BCUT2D eigenvalue weighted by atomic mass is 10.1. The lowest BCUT2D eigenvalue weighted by molar-refractivity contribution is -0.384. The molecule has 0 aliphatic carbocycles. The normalized spacial score (nSPS) is 10.9. The fraction of sp³-hybridized carbons (Fsp3) is 0.286. The van der Waals surface area contributed by atoms with Crippen molar-refractivity contribution in [2.45, 2.75) is 40.2 Å². The molecule has 0 saturated carbocycles. The number of amides is 1. The van der Waals surface area contributed by atoms with Gasteiger partial charge in [0.2, 0.25) is 0 Å². The zero-order valence-corrected chi connectivity index (χ0v) is 15.8. The number of unbranched alkanes of at least 4 members (excludes halogenated alkanes) is 1. The summed E-state index contributed by atoms with van der Waals surface area (Å²) in [7, 11) is 0. The minimum atomic E-state index is -0.460. The molecule has 3 rings (SSSR count). The van der Waals surface area contributed by atoms with Crippen molar-refractivity contribution in [2.75, 3.05) is 5.32 Å². The maximum atomic E-state index is 13.1. The topological polar surface area (TPSA) is 77.2 Å². The second kappa shape index (κ2) is 7.61. The molecule has 0 unspecified atom stereocenters. The molecule has 1 N–H and O–H groups in total. The Balaban J connectivity index is 2.04. The number of nitro benzene ring substituents is 1. The average Bonchev–Trinajstić information content (AvgIpc) is 2.94. The van der Waals surface area contributed by atoms with Crippen molar-refractivity contribution in [1.82, 2.24) is 4.57 Å². The molecule has 0 saturated heterocycles. The summed E-state index contributed by atoms with van der Waals surface area (Å²) in [6.45, 7) is 6.63. The van der Waals surface area contributed by atoms with Gasteiger partial charge in [-0.1, -0.05) is 37.6 Å². The van der Waals surface area contributed by atoms with E-state index in [4.69, 9.17) is 0 Å². The third kappa shape index (κ3) is 3.56. The Bertz CT molecular complexity index is 1020. The second-order valence-electron chi connectivity index (χ2n) is 6.71. The number of rotatable bonds is 6. The smallest absolute Gasteiger partial charge is 0.272 e. The number of nitro groups is 1. The molecular weight excluding hydrogens is 342 g/mol. The summed E-state index contributed by atoms with van der Waals surface area (Å²) in [6, 6.07) is 12.5. The number of nitrogens with one attached hydrogen (secondary N) is 1. The number of hydrogen-bond donors (Lipinski definition) is 1. The number of anilines is 1. The number of carbonyl (C=O) groups excluding carboxylic acids is 1. The first kappa shape index (κ1) is 18.6. The molecule has 0 radical (unpaired) electrons. The predicted octanol–water partition coefficient (Wildman–Crippen LogP) is 5.22. The van der Waals surface area contributed by atoms with Crippen LogP contribution in [0.1, 0.15) is 41.4 Å². The van der Waals surface area contributed by atoms with Crippen LogP contribution < -0.4 is 5.32 Å². The van der Waals surface area contributed by atoms with Gasteiger partial charge < -0.3 is 9.88 Å². The van der Waals surface area contributed by atoms with Crippen LogP contribution in [0, 0.1) is 24.0 Å². The molecule has 0 bridgehead atoms. The zero-order chi connectivity index (χ0) is 19.6. The molecule has 3 aromatic rings. The number of para-hydroxylation sites is 1. The Labute approximate surface area is 158 Å². The third-order valence-corrected chi connectivity index (χ3v) is 4.85. The lowest BCUT2D eigenvalue weighted by Crippen LogP contribution is -2.19. The Morgan fingerprint density at radius 3 is 2.63 bits per heavy atom. The first-order valence-electron chi connectivity index (χ1n) is 9.08. The predicted molar refractivity (Wildman–Crippen MR) is 107 cm³/mol. The first-order valence-corrected chi connectivity index (χ1v) is 9.08. The van der Waals surface area contributed by atoms with E-state index in [9.17, 15) is 14.9 Å². The fourth-order valence-electron chi connectivity index (χ4n) is 3.36. The second-order valence-corrected chi connectivity index (χ2v) is 6.71. The molecule has 1 heterocycles. The highest BCUT2D eigenvalue weighted by atomic mass is 16.6. The van der Waals surface area contributed by atoms with Crippen LogP contribution in [0.25, 0.3) is 10.9 Å². The van der Waals surface area contributed by atoms with Gasteiger partial charge in [0.25, 0.3) is 11.6 Å². The summed E-state index contributed by atoms with van der Waals surface area (Å²) in [5, 5.41) is 15.0. The summed E-state index contributed by atoms with van der Waals surface area (Å²) in [5.41, 5.74) is 3.75. The highest BCUT2D eigenvalue weighted by molar-refractivity contribution is 6.08. The van der Waals surface area contributed by atoms with Crippen molar-refractivity contribution in [3.05, 3.63) is 69.4 Å². The van der Waals surface area contributed by atoms with Gasteiger partial charge in [-0.25, -0.2) is 0 Å². The quantitative estimate of drug-likeness (QED) is 0.480. The van der Waals surface area contributed by atoms with Crippen LogP contribution in [-0.4, -0.2) is 15.4 Å². The van der Waals surface area contributed by atoms with Crippen LogP contribution in [0.2, 0.25) is 0 Å². The van der Waals surface area contributed by atoms with E-state index in [-0.39, 0.29) is 11.6 Å². The monoisotopic (exact) mass is 365 g/mol. The van der Waals surface area contributed by atoms with E-state index >= 15 is 0 Å². The molecule has 1 aromatic heterocycles. The summed E-state index contributed by atoms with van der Waals surface area (Å²) in [6.07, 6.45) is 1.99. The van der Waals surface area contributed by atoms with E-state index in [1.54, 1.807) is 6.07 Å². The minimum Gasteiger partial charge on any atom is -0.336 e. The van der Waals surface area contributed by atoms with Crippen LogP contribution in [0.3, 0.4) is 0 Å². The maximum Gasteiger partial charge on any atom is 0.272 e. The number of fused-ring (bicyclic) bond motifs is 1. The van der Waals surface area contributed by atoms with Crippen molar-refractivity contribution in [3.8, 4) is 0 Å². The SMILES string of the molecule is CCCCn1c(C(=O)Nc2cc([N+](=O)[O-])ccc2C)c(C)c2ccccc21. The van der Waals surface area contributed by atoms with Crippen LogP contribution in [0.4, 0.5) is 11.4 Å². The number of aryl methyl sites for hydroxylation is 3. The lowest BCUT2D eigenvalue weighted by Gasteiger charge is -2.13. The Morgan fingerprint density at radius 1 is 1.19 bits per heavy atom. The fourth-order valence-corrected chi connectivity index (χ4v) is 3.36. The number of benzene rings is 2. The first-order chi connectivity index (χ1) is 12.9. The molecular formula is C21H23N3O3. The summed E-state index contributed by atoms with van der Waals surface area (Å²) in [5.74, 6) is -0.247. The van der Waals surface area contributed by atoms with E-state index in [1.165, 1.54) is 12.1 Å². The van der Waals surface area contributed by atoms with Gasteiger partial charge in [-0.15, -0.1) is 0 Å². The van der Waals surface area contributed by atoms with Crippen molar-refractivity contribution in [3.63, 3.8) is 0 Å². The van der Waals surface area contributed by atoms with E-state index in [0.717, 1.165) is 41.4 Å². The molecule has 0 fully saturated rings. The highest BCUT2D eigenvalue weighted by Crippen LogP contribution is 2.28. The van der Waals surface area contributed by atoms with Gasteiger partial charge in [0.15, 0.2) is 0 Å². The molecule has 0 aliphatic heterocycles. The Kier molecular flexibility index (Phi) is 5.26. The molecule has 27 heavy (non-hydrogen) atoms. The largest absolute Gasteiger partial charge is 0.336 e. The summed E-state index contributed by atoms with van der Waals surface area (Å²) < 4.78 is 2.05. The van der Waals surface area contributed by atoms with Gasteiger partial charge in [-0.05, 0) is 37.5 Å². The third-order valence-electron chi connectivity index (χ3n) is 4.85. The summed E-state index contributed by atoms with van der Waals surface area (Å²) in [4.78, 5) is 23.7. The molecule has 140 valence electrons. The minimum absolute atomic E-state index is 0.0425. The van der Waals surface area contributed by atoms with E-state index in [0.29, 0.717) is 11.4 Å². The highest BCUT2D eigenvalue weighted by Gasteiger charge is 2.21. The van der Waals surface area contributed by atoms with E-state index in [2.05, 4.69) is 16.8 Å². The molecule has 1 amide bonds. The van der Waals surface area contributed by atoms with Gasteiger partial charge in [-0.2, -0.15) is 0 Å². The van der Waals surface area contributed by atoms with Gasteiger partial charge in [0.05, 0.1) is 10.6 Å². The Morgan fingerprint density at radius 2 is 1.93 bits per heavy atom. The number of non-ortho nitro benzene ring substituents is 1. The van der Waals surface area contributed by atoms with Crippen molar-refractivity contribution < 1.29 is 9.72 Å². The van der Waals surface area contributed by atoms with Gasteiger partial charge in [0.1, 0.15) is 5.69 Å². The number of hydrogen-bond acceptors (Lipinski definition) is 3. The van der Waals surface area contributed by atoms with Crippen molar-refractivity contribution >= 4 is 28.2 Å². The van der Waals surface area contributed by atoms with Crippen LogP contribution in [-0.2, 0) is 6.54 Å². The molecule has 6 heteroatoms. The Hall–Kier alpha value is -3.15. The van der Waals surface area contributed by atoms with Gasteiger partial charge in [-0.3, -0.25) is 14.9 Å². The number of nitrogens with zero attached hydrogens (tertiary/aromatic N) is 2. The summed E-state index contributed by atoms with van der Waals surface area (Å²) >= 11 is 0. The van der Waals surface area contributed by atoms with Crippen LogP contribution in [0.5, 0.6) is 0 Å². The molecule has 2 aromatic carbocycles. The van der Waals surface area contributed by atoms with Gasteiger partial charge >= 0.3 is 0 Å². The van der Waals surface area contributed by atoms with Crippen LogP contribution in [0.15, 0.2) is 42.5 Å². The molecule has 0 spiro atoms. The number of aromatic nitrogens is 1.